The normalized spacial score (nSPS) is 21.0. The van der Waals surface area contributed by atoms with Crippen LogP contribution in [-0.4, -0.2) is 22.4 Å². The van der Waals surface area contributed by atoms with Crippen LogP contribution in [0.2, 0.25) is 0 Å². The second kappa shape index (κ2) is 2.34. The van der Waals surface area contributed by atoms with Crippen LogP contribution in [-0.2, 0) is 0 Å². The van der Waals surface area contributed by atoms with E-state index in [1.54, 1.807) is 0 Å². The molecule has 0 radical (unpaired) electrons. The Balaban J connectivity index is 2.45. The molecule has 0 N–H and O–H groups in total. The monoisotopic (exact) mass is 157 g/mol. The maximum atomic E-state index is 10.1. The van der Waals surface area contributed by atoms with Crippen molar-refractivity contribution in [3.05, 3.63) is 21.4 Å². The Bertz CT molecular complexity index is 115. The first-order valence-electron chi connectivity index (χ1n) is 2.14. The first kappa shape index (κ1) is 5.14. The van der Waals surface area contributed by atoms with Gasteiger partial charge in [-0.1, -0.05) is 0 Å². The molecule has 0 aliphatic carbocycles. The Morgan fingerprint density at radius 3 is 2.86 bits per heavy atom. The van der Waals surface area contributed by atoms with Gasteiger partial charge in [-0.15, -0.1) is 0 Å². The molecule has 0 spiro atoms. The van der Waals surface area contributed by atoms with Crippen LogP contribution in [0.1, 0.15) is 0 Å². The van der Waals surface area contributed by atoms with Gasteiger partial charge in [-0.2, -0.15) is 0 Å². The van der Waals surface area contributed by atoms with Crippen LogP contribution in [0.15, 0.2) is 21.4 Å². The van der Waals surface area contributed by atoms with E-state index in [1.807, 2.05) is 12.2 Å². The fourth-order valence-electron chi connectivity index (χ4n) is 0.457. The van der Waals surface area contributed by atoms with Gasteiger partial charge in [-0.25, -0.2) is 0 Å². The van der Waals surface area contributed by atoms with Gasteiger partial charge in [0.25, 0.3) is 0 Å². The van der Waals surface area contributed by atoms with Crippen molar-refractivity contribution in [2.45, 2.75) is 0 Å². The molecule has 38 valence electrons. The Labute approximate surface area is 49.4 Å². The maximum absolute atomic E-state index is 10.1. The first-order chi connectivity index (χ1) is 3.43. The quantitative estimate of drug-likeness (QED) is 0.456. The van der Waals surface area contributed by atoms with Crippen molar-refractivity contribution in [2.75, 3.05) is 6.61 Å². The van der Waals surface area contributed by atoms with Crippen LogP contribution in [0, 0.1) is 0 Å². The molecule has 0 bridgehead atoms. The molecule has 7 heavy (non-hydrogen) atoms. The van der Waals surface area contributed by atoms with Crippen molar-refractivity contribution >= 4 is 15.8 Å². The van der Waals surface area contributed by atoms with E-state index in [2.05, 4.69) is 4.86 Å². The van der Waals surface area contributed by atoms with Gasteiger partial charge in [0.15, 0.2) is 0 Å². The second-order valence-corrected chi connectivity index (χ2v) is 3.99. The fraction of sp³-hybridized carbons (Fsp3) is 0.200. The van der Waals surface area contributed by atoms with Crippen LogP contribution < -0.4 is 5.11 Å². The molecule has 1 atom stereocenters. The summed E-state index contributed by atoms with van der Waals surface area (Å²) in [5, 5.41) is 10.1. The van der Waals surface area contributed by atoms with Crippen molar-refractivity contribution in [3.8, 4) is 0 Å². The zero-order valence-corrected chi connectivity index (χ0v) is 5.95. The van der Waals surface area contributed by atoms with E-state index in [0.29, 0.717) is 0 Å². The molecule has 0 saturated carbocycles. The number of rotatable bonds is 1. The molecule has 0 amide bonds. The zero-order valence-electron chi connectivity index (χ0n) is 3.85. The third-order valence-electron chi connectivity index (χ3n) is 0.818. The number of hydrogen-bond acceptors (Lipinski definition) is 1. The van der Waals surface area contributed by atoms with Crippen molar-refractivity contribution in [2.24, 2.45) is 0 Å². The van der Waals surface area contributed by atoms with E-state index < -0.39 is 0 Å². The van der Waals surface area contributed by atoms with Crippen molar-refractivity contribution in [1.82, 2.24) is 0 Å². The van der Waals surface area contributed by atoms with E-state index >= 15 is 0 Å². The van der Waals surface area contributed by atoms with Gasteiger partial charge in [-0.05, 0) is 0 Å². The summed E-state index contributed by atoms with van der Waals surface area (Å²) in [6, 6.07) is 0. The van der Waals surface area contributed by atoms with E-state index in [0.717, 1.165) is 4.36 Å². The summed E-state index contributed by atoms with van der Waals surface area (Å²) < 4.78 is 1.13. The molecule has 0 saturated heterocycles. The molecule has 1 rings (SSSR count). The van der Waals surface area contributed by atoms with E-state index in [-0.39, 0.29) is 22.4 Å². The number of allylic oxidation sites excluding steroid dienone is 2. The summed E-state index contributed by atoms with van der Waals surface area (Å²) in [5.41, 5.74) is 0. The Morgan fingerprint density at radius 1 is 1.71 bits per heavy atom. The molecule has 2 heteroatoms. The predicted molar refractivity (Wildman–Crippen MR) is 29.2 cm³/mol. The molecule has 0 fully saturated rings. The molecule has 0 aromatic heterocycles. The average Bonchev–Trinajstić information content (AvgIpc) is 2.14. The van der Waals surface area contributed by atoms with E-state index in [9.17, 15) is 5.11 Å². The number of hydrogen-bond donors (Lipinski definition) is 0. The Kier molecular flexibility index (Phi) is 1.72. The van der Waals surface area contributed by atoms with Gasteiger partial charge < -0.3 is 0 Å². The molecule has 1 nitrogen and oxygen atoms in total. The summed E-state index contributed by atoms with van der Waals surface area (Å²) in [5.74, 6) is 0. The van der Waals surface area contributed by atoms with E-state index in [4.69, 9.17) is 0 Å². The van der Waals surface area contributed by atoms with Gasteiger partial charge in [-0.3, -0.25) is 0 Å². The zero-order chi connectivity index (χ0) is 5.11. The Morgan fingerprint density at radius 2 is 2.57 bits per heavy atom. The van der Waals surface area contributed by atoms with Gasteiger partial charge in [0.2, 0.25) is 0 Å². The molecular weight excluding hydrogens is 151 g/mol. The van der Waals surface area contributed by atoms with Crippen LogP contribution in [0.25, 0.3) is 0 Å². The third kappa shape index (κ3) is 1.18. The van der Waals surface area contributed by atoms with E-state index in [1.165, 1.54) is 0 Å². The Hall–Kier alpha value is -0.00156. The molecule has 0 aromatic carbocycles. The van der Waals surface area contributed by atoms with Gasteiger partial charge >= 0.3 is 48.8 Å². The first-order valence-corrected chi connectivity index (χ1v) is 4.40. The summed E-state index contributed by atoms with van der Waals surface area (Å²) in [6.45, 7) is 0.0208. The minimum atomic E-state index is -0.0694. The summed E-state index contributed by atoms with van der Waals surface area (Å²) in [4.78, 5) is 2.12. The average molecular weight is 157 g/mol. The predicted octanol–water partition coefficient (Wildman–Crippen LogP) is -0.806. The van der Waals surface area contributed by atoms with Gasteiger partial charge in [0.1, 0.15) is 0 Å². The van der Waals surface area contributed by atoms with Crippen LogP contribution >= 0.6 is 0 Å². The van der Waals surface area contributed by atoms with Gasteiger partial charge in [0.05, 0.1) is 0 Å². The molecule has 1 aliphatic heterocycles. The molecule has 1 heterocycles. The van der Waals surface area contributed by atoms with Crippen molar-refractivity contribution in [3.63, 3.8) is 0 Å². The van der Waals surface area contributed by atoms with Crippen molar-refractivity contribution in [1.29, 1.82) is 0 Å². The molecule has 1 aliphatic rings. The third-order valence-corrected chi connectivity index (χ3v) is 3.00. The fourth-order valence-corrected chi connectivity index (χ4v) is 1.89. The minimum absolute atomic E-state index is 0.0208. The van der Waals surface area contributed by atoms with Crippen LogP contribution in [0.4, 0.5) is 0 Å². The topological polar surface area (TPSA) is 23.1 Å². The molecular formula is C5H6AsO-. The standard InChI is InChI=1S/C5H6AsO/c7-4-5-2-1-3-6-5/h1-3,6H,4H2/q-1. The van der Waals surface area contributed by atoms with Crippen LogP contribution in [0.3, 0.4) is 0 Å². The molecule has 0 aromatic rings. The van der Waals surface area contributed by atoms with Crippen LogP contribution in [0.5, 0.6) is 0 Å². The summed E-state index contributed by atoms with van der Waals surface area (Å²) in [6.07, 6.45) is 3.92. The molecule has 1 unspecified atom stereocenters. The summed E-state index contributed by atoms with van der Waals surface area (Å²) >= 11 is -0.0694. The SMILES string of the molecule is [O-]CC1=CC=C[AsH]1. The second-order valence-electron chi connectivity index (χ2n) is 1.34. The summed E-state index contributed by atoms with van der Waals surface area (Å²) in [7, 11) is 0. The van der Waals surface area contributed by atoms with Crippen molar-refractivity contribution < 1.29 is 5.11 Å². The van der Waals surface area contributed by atoms with Gasteiger partial charge in [0, 0.05) is 0 Å².